The molecule has 0 heterocycles. The molecule has 2 heteroatoms. The molecule has 16 heavy (non-hydrogen) atoms. The number of phenolic OH excluding ortho intramolecular Hbond substituents is 1. The van der Waals surface area contributed by atoms with Crippen molar-refractivity contribution in [3.8, 4) is 16.9 Å². The van der Waals surface area contributed by atoms with Crippen molar-refractivity contribution in [2.24, 2.45) is 0 Å². The van der Waals surface area contributed by atoms with Gasteiger partial charge in [-0.05, 0) is 54.1 Å². The summed E-state index contributed by atoms with van der Waals surface area (Å²) in [5, 5.41) is 9.58. The van der Waals surface area contributed by atoms with E-state index < -0.39 is 0 Å². The predicted molar refractivity (Wildman–Crippen MR) is 70.1 cm³/mol. The smallest absolute Gasteiger partial charge is 0.116 e. The lowest BCUT2D eigenvalue weighted by atomic mass is 10.0. The molecule has 0 aromatic heterocycles. The average Bonchev–Trinajstić information content (AvgIpc) is 2.28. The maximum atomic E-state index is 9.58. The van der Waals surface area contributed by atoms with Gasteiger partial charge in [0.05, 0.1) is 0 Å². The summed E-state index contributed by atoms with van der Waals surface area (Å²) in [4.78, 5) is 1.23. The van der Waals surface area contributed by atoms with Gasteiger partial charge < -0.3 is 5.11 Å². The summed E-state index contributed by atoms with van der Waals surface area (Å²) < 4.78 is 0. The molecule has 0 amide bonds. The van der Waals surface area contributed by atoms with E-state index in [1.165, 1.54) is 4.90 Å². The maximum absolute atomic E-state index is 9.58. The zero-order chi connectivity index (χ0) is 11.5. The third-order valence-corrected chi connectivity index (χ3v) is 3.19. The quantitative estimate of drug-likeness (QED) is 0.784. The van der Waals surface area contributed by atoms with Crippen molar-refractivity contribution in [1.29, 1.82) is 0 Å². The minimum atomic E-state index is 0.324. The third kappa shape index (κ3) is 2.39. The fourth-order valence-electron chi connectivity index (χ4n) is 1.73. The molecule has 0 spiro atoms. The molecule has 0 radical (unpaired) electrons. The van der Waals surface area contributed by atoms with Crippen molar-refractivity contribution in [1.82, 2.24) is 0 Å². The molecule has 0 unspecified atom stereocenters. The standard InChI is InChI=1S/C14H14OS/c1-10-6-12(8-13(15)7-10)11-4-3-5-14(9-11)16-2/h3-9,15H,1-2H3. The second-order valence-corrected chi connectivity index (χ2v) is 4.67. The Bertz CT molecular complexity index is 486. The van der Waals surface area contributed by atoms with Crippen LogP contribution in [0.3, 0.4) is 0 Å². The van der Waals surface area contributed by atoms with Crippen LogP contribution in [0.1, 0.15) is 5.56 Å². The van der Waals surface area contributed by atoms with Crippen molar-refractivity contribution >= 4 is 11.8 Å². The second kappa shape index (κ2) is 4.62. The van der Waals surface area contributed by atoms with E-state index in [1.807, 2.05) is 13.0 Å². The summed E-state index contributed by atoms with van der Waals surface area (Å²) >= 11 is 1.72. The van der Waals surface area contributed by atoms with E-state index >= 15 is 0 Å². The molecule has 2 rings (SSSR count). The highest BCUT2D eigenvalue weighted by Crippen LogP contribution is 2.27. The van der Waals surface area contributed by atoms with Crippen LogP contribution < -0.4 is 0 Å². The molecule has 82 valence electrons. The van der Waals surface area contributed by atoms with Gasteiger partial charge in [-0.2, -0.15) is 0 Å². The summed E-state index contributed by atoms with van der Waals surface area (Å²) in [5.41, 5.74) is 3.28. The minimum Gasteiger partial charge on any atom is -0.508 e. The van der Waals surface area contributed by atoms with Gasteiger partial charge in [0.15, 0.2) is 0 Å². The van der Waals surface area contributed by atoms with E-state index in [9.17, 15) is 5.11 Å². The van der Waals surface area contributed by atoms with E-state index in [4.69, 9.17) is 0 Å². The lowest BCUT2D eigenvalue weighted by Gasteiger charge is -2.06. The van der Waals surface area contributed by atoms with Gasteiger partial charge >= 0.3 is 0 Å². The predicted octanol–water partition coefficient (Wildman–Crippen LogP) is 4.09. The van der Waals surface area contributed by atoms with Crippen LogP contribution in [0.15, 0.2) is 47.4 Å². The Labute approximate surface area is 100 Å². The second-order valence-electron chi connectivity index (χ2n) is 3.79. The number of thioether (sulfide) groups is 1. The molecule has 0 fully saturated rings. The molecule has 0 aliphatic heterocycles. The van der Waals surface area contributed by atoms with Crippen LogP contribution in [-0.4, -0.2) is 11.4 Å². The van der Waals surface area contributed by atoms with Gasteiger partial charge in [0.1, 0.15) is 5.75 Å². The molecule has 0 aliphatic rings. The number of hydrogen-bond acceptors (Lipinski definition) is 2. The number of rotatable bonds is 2. The average molecular weight is 230 g/mol. The first-order chi connectivity index (χ1) is 7.69. The summed E-state index contributed by atoms with van der Waals surface area (Å²) in [5.74, 6) is 0.324. The lowest BCUT2D eigenvalue weighted by molar-refractivity contribution is 0.475. The Morgan fingerprint density at radius 2 is 1.81 bits per heavy atom. The molecule has 1 nitrogen and oxygen atoms in total. The zero-order valence-corrected chi connectivity index (χ0v) is 10.2. The van der Waals surface area contributed by atoms with E-state index in [0.717, 1.165) is 16.7 Å². The van der Waals surface area contributed by atoms with Crippen molar-refractivity contribution in [3.05, 3.63) is 48.0 Å². The number of benzene rings is 2. The first-order valence-electron chi connectivity index (χ1n) is 5.14. The van der Waals surface area contributed by atoms with Crippen LogP contribution in [0.4, 0.5) is 0 Å². The molecule has 0 aliphatic carbocycles. The highest BCUT2D eigenvalue weighted by molar-refractivity contribution is 7.98. The number of aryl methyl sites for hydroxylation is 1. The van der Waals surface area contributed by atoms with E-state index in [2.05, 4.69) is 30.5 Å². The fraction of sp³-hybridized carbons (Fsp3) is 0.143. The highest BCUT2D eigenvalue weighted by atomic mass is 32.2. The first-order valence-corrected chi connectivity index (χ1v) is 6.36. The van der Waals surface area contributed by atoms with E-state index in [0.29, 0.717) is 5.75 Å². The SMILES string of the molecule is CSc1cccc(-c2cc(C)cc(O)c2)c1. The zero-order valence-electron chi connectivity index (χ0n) is 9.40. The Hall–Kier alpha value is -1.41. The number of aromatic hydroxyl groups is 1. The molecule has 2 aromatic carbocycles. The molecule has 1 N–H and O–H groups in total. The normalized spacial score (nSPS) is 10.4. The van der Waals surface area contributed by atoms with Gasteiger partial charge in [-0.25, -0.2) is 0 Å². The lowest BCUT2D eigenvalue weighted by Crippen LogP contribution is -1.81. The third-order valence-electron chi connectivity index (χ3n) is 2.47. The Morgan fingerprint density at radius 3 is 2.50 bits per heavy atom. The van der Waals surface area contributed by atoms with Gasteiger partial charge in [-0.15, -0.1) is 11.8 Å². The molecule has 0 atom stereocenters. The van der Waals surface area contributed by atoms with Crippen LogP contribution in [-0.2, 0) is 0 Å². The van der Waals surface area contributed by atoms with Crippen molar-refractivity contribution in [2.75, 3.05) is 6.26 Å². The summed E-state index contributed by atoms with van der Waals surface area (Å²) in [6, 6.07) is 14.0. The van der Waals surface area contributed by atoms with Crippen LogP contribution in [0.5, 0.6) is 5.75 Å². The van der Waals surface area contributed by atoms with Gasteiger partial charge in [-0.1, -0.05) is 18.2 Å². The Morgan fingerprint density at radius 1 is 1.00 bits per heavy atom. The summed E-state index contributed by atoms with van der Waals surface area (Å²) in [6.45, 7) is 1.99. The Kier molecular flexibility index (Phi) is 3.20. The van der Waals surface area contributed by atoms with Crippen LogP contribution in [0, 0.1) is 6.92 Å². The van der Waals surface area contributed by atoms with Crippen LogP contribution >= 0.6 is 11.8 Å². The number of hydrogen-bond donors (Lipinski definition) is 1. The topological polar surface area (TPSA) is 20.2 Å². The van der Waals surface area contributed by atoms with Crippen LogP contribution in [0.25, 0.3) is 11.1 Å². The maximum Gasteiger partial charge on any atom is 0.116 e. The molecule has 0 saturated carbocycles. The number of phenols is 1. The van der Waals surface area contributed by atoms with Crippen molar-refractivity contribution in [2.45, 2.75) is 11.8 Å². The minimum absolute atomic E-state index is 0.324. The highest BCUT2D eigenvalue weighted by Gasteiger charge is 2.01. The van der Waals surface area contributed by atoms with Gasteiger partial charge in [0, 0.05) is 4.90 Å². The largest absolute Gasteiger partial charge is 0.508 e. The molecular formula is C14H14OS. The first kappa shape index (κ1) is 11.1. The van der Waals surface area contributed by atoms with Gasteiger partial charge in [0.25, 0.3) is 0 Å². The molecule has 0 saturated heterocycles. The van der Waals surface area contributed by atoms with E-state index in [-0.39, 0.29) is 0 Å². The van der Waals surface area contributed by atoms with Crippen LogP contribution in [0.2, 0.25) is 0 Å². The van der Waals surface area contributed by atoms with Crippen molar-refractivity contribution in [3.63, 3.8) is 0 Å². The van der Waals surface area contributed by atoms with Gasteiger partial charge in [0.2, 0.25) is 0 Å². The van der Waals surface area contributed by atoms with Crippen molar-refractivity contribution < 1.29 is 5.11 Å². The molecule has 0 bridgehead atoms. The molecule has 2 aromatic rings. The fourth-order valence-corrected chi connectivity index (χ4v) is 2.19. The monoisotopic (exact) mass is 230 g/mol. The van der Waals surface area contributed by atoms with E-state index in [1.54, 1.807) is 23.9 Å². The summed E-state index contributed by atoms with van der Waals surface area (Å²) in [7, 11) is 0. The van der Waals surface area contributed by atoms with Gasteiger partial charge in [-0.3, -0.25) is 0 Å². The molecular weight excluding hydrogens is 216 g/mol. The summed E-state index contributed by atoms with van der Waals surface area (Å²) in [6.07, 6.45) is 2.06. The Balaban J connectivity index is 2.49.